The van der Waals surface area contributed by atoms with E-state index in [1.165, 1.54) is 6.42 Å². The molecule has 0 saturated carbocycles. The molecule has 4 nitrogen and oxygen atoms in total. The molecule has 2 unspecified atom stereocenters. The molecular formula is C13H27ClN2O2. The van der Waals surface area contributed by atoms with Crippen molar-refractivity contribution in [1.82, 2.24) is 4.90 Å². The zero-order chi connectivity index (χ0) is 12.8. The van der Waals surface area contributed by atoms with Crippen molar-refractivity contribution in [3.63, 3.8) is 0 Å². The van der Waals surface area contributed by atoms with Crippen molar-refractivity contribution in [1.29, 1.82) is 0 Å². The number of nitrogens with two attached hydrogens (primary N) is 1. The lowest BCUT2D eigenvalue weighted by Gasteiger charge is -2.38. The quantitative estimate of drug-likeness (QED) is 0.834. The van der Waals surface area contributed by atoms with Gasteiger partial charge in [-0.1, -0.05) is 13.8 Å². The fourth-order valence-electron chi connectivity index (χ4n) is 2.54. The van der Waals surface area contributed by atoms with Crippen LogP contribution in [0.4, 0.5) is 0 Å². The van der Waals surface area contributed by atoms with Gasteiger partial charge in [-0.15, -0.1) is 12.4 Å². The summed E-state index contributed by atoms with van der Waals surface area (Å²) in [6, 6.07) is -0.132. The number of halogens is 1. The smallest absolute Gasteiger partial charge is 0.242 e. The molecule has 0 aliphatic carbocycles. The fraction of sp³-hybridized carbons (Fsp3) is 0.923. The second kappa shape index (κ2) is 8.73. The van der Waals surface area contributed by atoms with Crippen LogP contribution < -0.4 is 5.73 Å². The molecule has 5 heteroatoms. The molecule has 0 bridgehead atoms. The van der Waals surface area contributed by atoms with Gasteiger partial charge in [0.05, 0.1) is 6.61 Å². The normalized spacial score (nSPS) is 21.6. The maximum atomic E-state index is 12.2. The van der Waals surface area contributed by atoms with Crippen molar-refractivity contribution < 1.29 is 9.53 Å². The molecule has 108 valence electrons. The van der Waals surface area contributed by atoms with E-state index < -0.39 is 6.04 Å². The minimum Gasteiger partial charge on any atom is -0.383 e. The Morgan fingerprint density at radius 2 is 2.11 bits per heavy atom. The third-order valence-electron chi connectivity index (χ3n) is 3.32. The number of amides is 1. The number of carbonyl (C=O) groups is 1. The van der Waals surface area contributed by atoms with E-state index >= 15 is 0 Å². The highest BCUT2D eigenvalue weighted by Crippen LogP contribution is 2.23. The Labute approximate surface area is 117 Å². The van der Waals surface area contributed by atoms with Crippen LogP contribution >= 0.6 is 12.4 Å². The Morgan fingerprint density at radius 3 is 2.67 bits per heavy atom. The first-order valence-corrected chi connectivity index (χ1v) is 6.61. The fourth-order valence-corrected chi connectivity index (χ4v) is 2.54. The zero-order valence-electron chi connectivity index (χ0n) is 11.7. The van der Waals surface area contributed by atoms with Gasteiger partial charge in [-0.25, -0.2) is 0 Å². The lowest BCUT2D eigenvalue weighted by atomic mass is 9.93. The van der Waals surface area contributed by atoms with Crippen molar-refractivity contribution in [2.75, 3.05) is 20.3 Å². The molecule has 0 aromatic rings. The van der Waals surface area contributed by atoms with Gasteiger partial charge in [-0.2, -0.15) is 0 Å². The molecule has 1 aliphatic heterocycles. The summed E-state index contributed by atoms with van der Waals surface area (Å²) in [5, 5.41) is 0. The van der Waals surface area contributed by atoms with E-state index in [0.717, 1.165) is 25.8 Å². The maximum Gasteiger partial charge on any atom is 0.242 e. The Hall–Kier alpha value is -0.320. The third kappa shape index (κ3) is 5.12. The maximum absolute atomic E-state index is 12.2. The summed E-state index contributed by atoms with van der Waals surface area (Å²) in [4.78, 5) is 14.2. The van der Waals surface area contributed by atoms with Crippen LogP contribution in [0.1, 0.15) is 39.5 Å². The van der Waals surface area contributed by atoms with E-state index in [1.54, 1.807) is 7.11 Å². The Balaban J connectivity index is 0.00000289. The minimum absolute atomic E-state index is 0. The summed E-state index contributed by atoms with van der Waals surface area (Å²) in [7, 11) is 1.58. The van der Waals surface area contributed by atoms with Gasteiger partial charge in [0.2, 0.25) is 5.91 Å². The molecule has 2 atom stereocenters. The highest BCUT2D eigenvalue weighted by atomic mass is 35.5. The first-order valence-electron chi connectivity index (χ1n) is 6.61. The van der Waals surface area contributed by atoms with Gasteiger partial charge in [0, 0.05) is 19.7 Å². The van der Waals surface area contributed by atoms with Crippen LogP contribution in [-0.2, 0) is 9.53 Å². The number of likely N-dealkylation sites (tertiary alicyclic amines) is 1. The van der Waals surface area contributed by atoms with Crippen molar-refractivity contribution >= 4 is 18.3 Å². The SMILES string of the molecule is COCC(N)C(=O)N1CCCCC1CC(C)C.Cl. The molecule has 0 aromatic carbocycles. The second-order valence-electron chi connectivity index (χ2n) is 5.37. The average molecular weight is 279 g/mol. The molecule has 1 heterocycles. The van der Waals surface area contributed by atoms with Crippen LogP contribution in [0.3, 0.4) is 0 Å². The summed E-state index contributed by atoms with van der Waals surface area (Å²) in [6.45, 7) is 5.57. The first kappa shape index (κ1) is 17.7. The lowest BCUT2D eigenvalue weighted by Crippen LogP contribution is -2.52. The summed E-state index contributed by atoms with van der Waals surface area (Å²) >= 11 is 0. The molecule has 2 N–H and O–H groups in total. The Bertz CT molecular complexity index is 249. The van der Waals surface area contributed by atoms with Crippen LogP contribution in [0.15, 0.2) is 0 Å². The standard InChI is InChI=1S/C13H26N2O2.ClH/c1-10(2)8-11-6-4-5-7-15(11)13(16)12(14)9-17-3;/h10-12H,4-9,14H2,1-3H3;1H. The number of methoxy groups -OCH3 is 1. The number of rotatable bonds is 5. The first-order chi connectivity index (χ1) is 8.06. The summed E-state index contributed by atoms with van der Waals surface area (Å²) in [5.41, 5.74) is 5.84. The molecule has 1 fully saturated rings. The molecule has 18 heavy (non-hydrogen) atoms. The van der Waals surface area contributed by atoms with Gasteiger partial charge in [-0.3, -0.25) is 4.79 Å². The number of piperidine rings is 1. The van der Waals surface area contributed by atoms with E-state index in [-0.39, 0.29) is 18.3 Å². The van der Waals surface area contributed by atoms with E-state index in [1.807, 2.05) is 4.90 Å². The molecule has 1 amide bonds. The van der Waals surface area contributed by atoms with Gasteiger partial charge in [0.1, 0.15) is 6.04 Å². The summed E-state index contributed by atoms with van der Waals surface area (Å²) in [5.74, 6) is 0.671. The number of hydrogen-bond donors (Lipinski definition) is 1. The number of ether oxygens (including phenoxy) is 1. The average Bonchev–Trinajstić information content (AvgIpc) is 2.28. The van der Waals surface area contributed by atoms with Gasteiger partial charge >= 0.3 is 0 Å². The summed E-state index contributed by atoms with van der Waals surface area (Å²) in [6.07, 6.45) is 4.51. The lowest BCUT2D eigenvalue weighted by molar-refractivity contribution is -0.137. The molecule has 0 spiro atoms. The molecule has 1 aliphatic rings. The van der Waals surface area contributed by atoms with Crippen molar-refractivity contribution in [2.24, 2.45) is 11.7 Å². The van der Waals surface area contributed by atoms with Gasteiger partial charge < -0.3 is 15.4 Å². The van der Waals surface area contributed by atoms with Crippen LogP contribution in [-0.4, -0.2) is 43.2 Å². The Kier molecular flexibility index (Phi) is 8.57. The number of hydrogen-bond acceptors (Lipinski definition) is 3. The molecule has 1 saturated heterocycles. The number of carbonyl (C=O) groups excluding carboxylic acids is 1. The van der Waals surface area contributed by atoms with E-state index in [9.17, 15) is 4.79 Å². The summed E-state index contributed by atoms with van der Waals surface area (Å²) < 4.78 is 4.96. The van der Waals surface area contributed by atoms with Crippen LogP contribution in [0.5, 0.6) is 0 Å². The molecule has 0 aromatic heterocycles. The van der Waals surface area contributed by atoms with E-state index in [4.69, 9.17) is 10.5 Å². The van der Waals surface area contributed by atoms with Crippen molar-refractivity contribution in [2.45, 2.75) is 51.6 Å². The highest BCUT2D eigenvalue weighted by Gasteiger charge is 2.30. The van der Waals surface area contributed by atoms with E-state index in [0.29, 0.717) is 18.6 Å². The van der Waals surface area contributed by atoms with Gasteiger partial charge in [0.25, 0.3) is 0 Å². The van der Waals surface area contributed by atoms with Crippen LogP contribution in [0.2, 0.25) is 0 Å². The third-order valence-corrected chi connectivity index (χ3v) is 3.32. The topological polar surface area (TPSA) is 55.6 Å². The highest BCUT2D eigenvalue weighted by molar-refractivity contribution is 5.85. The second-order valence-corrected chi connectivity index (χ2v) is 5.37. The predicted octanol–water partition coefficient (Wildman–Crippen LogP) is 1.81. The molecule has 1 rings (SSSR count). The van der Waals surface area contributed by atoms with Crippen LogP contribution in [0, 0.1) is 5.92 Å². The largest absolute Gasteiger partial charge is 0.383 e. The zero-order valence-corrected chi connectivity index (χ0v) is 12.5. The minimum atomic E-state index is -0.507. The van der Waals surface area contributed by atoms with Crippen molar-refractivity contribution in [3.8, 4) is 0 Å². The predicted molar refractivity (Wildman–Crippen MR) is 75.9 cm³/mol. The van der Waals surface area contributed by atoms with Crippen LogP contribution in [0.25, 0.3) is 0 Å². The van der Waals surface area contributed by atoms with E-state index in [2.05, 4.69) is 13.8 Å². The van der Waals surface area contributed by atoms with Gasteiger partial charge in [-0.05, 0) is 31.6 Å². The molecular weight excluding hydrogens is 252 g/mol. The molecule has 0 radical (unpaired) electrons. The van der Waals surface area contributed by atoms with Gasteiger partial charge in [0.15, 0.2) is 0 Å². The number of nitrogens with zero attached hydrogens (tertiary/aromatic N) is 1. The monoisotopic (exact) mass is 278 g/mol. The van der Waals surface area contributed by atoms with Crippen molar-refractivity contribution in [3.05, 3.63) is 0 Å². The Morgan fingerprint density at radius 1 is 1.44 bits per heavy atom.